The third kappa shape index (κ3) is 5.01. The zero-order chi connectivity index (χ0) is 19.9. The highest BCUT2D eigenvalue weighted by Crippen LogP contribution is 2.48. The molecule has 0 radical (unpaired) electrons. The van der Waals surface area contributed by atoms with E-state index in [-0.39, 0.29) is 11.3 Å². The Labute approximate surface area is 163 Å². The third-order valence-electron chi connectivity index (χ3n) is 5.71. The smallest absolute Gasteiger partial charge is 0.221 e. The molecule has 1 saturated carbocycles. The highest BCUT2D eigenvalue weighted by molar-refractivity contribution is 5.88. The average molecular weight is 375 g/mol. The van der Waals surface area contributed by atoms with E-state index in [1.807, 2.05) is 24.3 Å². The first-order valence-corrected chi connectivity index (χ1v) is 9.94. The van der Waals surface area contributed by atoms with Crippen LogP contribution >= 0.6 is 0 Å². The number of hydrogen-bond donors (Lipinski definition) is 3. The van der Waals surface area contributed by atoms with Crippen molar-refractivity contribution < 1.29 is 9.53 Å². The molecule has 150 valence electrons. The molecule has 3 N–H and O–H groups in total. The van der Waals surface area contributed by atoms with Crippen molar-refractivity contribution in [1.82, 2.24) is 10.6 Å². The number of carbonyl (C=O) groups is 1. The summed E-state index contributed by atoms with van der Waals surface area (Å²) in [4.78, 5) is 15.6. The van der Waals surface area contributed by atoms with Gasteiger partial charge in [0.25, 0.3) is 0 Å². The predicted molar refractivity (Wildman–Crippen MR) is 111 cm³/mol. The standard InChI is InChI=1S/C21H34N4O2/c1-6-21(7-2)18(13-19(21)27-8-3)25-20(22-5)23-14-16-10-9-11-17(12-16)24-15(4)26/h9-12,18-19H,6-8,13-14H2,1-5H3,(H,24,26)(H2,22,23,25). The first kappa shape index (κ1) is 21.2. The zero-order valence-electron chi connectivity index (χ0n) is 17.3. The molecular formula is C21H34N4O2. The second-order valence-electron chi connectivity index (χ2n) is 7.12. The van der Waals surface area contributed by atoms with Gasteiger partial charge in [-0.1, -0.05) is 26.0 Å². The van der Waals surface area contributed by atoms with E-state index in [0.29, 0.717) is 18.7 Å². The normalized spacial score (nSPS) is 21.3. The first-order chi connectivity index (χ1) is 13.0. The van der Waals surface area contributed by atoms with Gasteiger partial charge in [0, 0.05) is 44.3 Å². The van der Waals surface area contributed by atoms with Crippen LogP contribution in [0.1, 0.15) is 52.5 Å². The Morgan fingerprint density at radius 1 is 1.30 bits per heavy atom. The van der Waals surface area contributed by atoms with Crippen molar-refractivity contribution in [3.63, 3.8) is 0 Å². The summed E-state index contributed by atoms with van der Waals surface area (Å²) in [6.07, 6.45) is 3.50. The van der Waals surface area contributed by atoms with E-state index in [1.54, 1.807) is 7.05 Å². The van der Waals surface area contributed by atoms with Crippen LogP contribution in [-0.4, -0.2) is 37.7 Å². The van der Waals surface area contributed by atoms with Crippen LogP contribution in [0.4, 0.5) is 5.69 Å². The van der Waals surface area contributed by atoms with Crippen LogP contribution in [0.15, 0.2) is 29.3 Å². The number of guanidine groups is 1. The van der Waals surface area contributed by atoms with E-state index >= 15 is 0 Å². The van der Waals surface area contributed by atoms with E-state index in [1.165, 1.54) is 6.92 Å². The Bertz CT molecular complexity index is 655. The number of benzene rings is 1. The molecule has 2 atom stereocenters. The number of ether oxygens (including phenoxy) is 1. The van der Waals surface area contributed by atoms with Crippen molar-refractivity contribution in [3.05, 3.63) is 29.8 Å². The summed E-state index contributed by atoms with van der Waals surface area (Å²) in [5.41, 5.74) is 2.06. The Morgan fingerprint density at radius 3 is 2.63 bits per heavy atom. The van der Waals surface area contributed by atoms with E-state index in [0.717, 1.165) is 43.1 Å². The molecule has 1 aliphatic rings. The van der Waals surface area contributed by atoms with Crippen LogP contribution in [0, 0.1) is 5.41 Å². The highest BCUT2D eigenvalue weighted by Gasteiger charge is 2.53. The number of anilines is 1. The molecule has 1 aliphatic carbocycles. The van der Waals surface area contributed by atoms with E-state index in [4.69, 9.17) is 4.74 Å². The molecule has 6 nitrogen and oxygen atoms in total. The molecule has 1 amide bonds. The fraction of sp³-hybridized carbons (Fsp3) is 0.619. The van der Waals surface area contributed by atoms with Crippen LogP contribution in [-0.2, 0) is 16.1 Å². The van der Waals surface area contributed by atoms with Crippen molar-refractivity contribution in [1.29, 1.82) is 0 Å². The van der Waals surface area contributed by atoms with Gasteiger partial charge < -0.3 is 20.7 Å². The van der Waals surface area contributed by atoms with Gasteiger partial charge in [0.05, 0.1) is 6.10 Å². The SMILES string of the molecule is CCOC1CC(NC(=NC)NCc2cccc(NC(C)=O)c2)C1(CC)CC. The van der Waals surface area contributed by atoms with Gasteiger partial charge in [-0.2, -0.15) is 0 Å². The zero-order valence-corrected chi connectivity index (χ0v) is 17.3. The molecule has 1 fully saturated rings. The number of nitrogens with zero attached hydrogens (tertiary/aromatic N) is 1. The molecule has 6 heteroatoms. The quantitative estimate of drug-likeness (QED) is 0.482. The first-order valence-electron chi connectivity index (χ1n) is 9.94. The molecule has 0 aliphatic heterocycles. The molecule has 0 bridgehead atoms. The van der Waals surface area contributed by atoms with Crippen molar-refractivity contribution >= 4 is 17.6 Å². The molecule has 0 heterocycles. The molecule has 0 saturated heterocycles. The molecule has 2 unspecified atom stereocenters. The summed E-state index contributed by atoms with van der Waals surface area (Å²) < 4.78 is 5.96. The lowest BCUT2D eigenvalue weighted by Crippen LogP contribution is -2.65. The summed E-state index contributed by atoms with van der Waals surface area (Å²) in [7, 11) is 1.79. The average Bonchev–Trinajstić information content (AvgIpc) is 2.64. The number of rotatable bonds is 8. The lowest BCUT2D eigenvalue weighted by molar-refractivity contribution is -0.133. The minimum Gasteiger partial charge on any atom is -0.378 e. The number of aliphatic imine (C=N–C) groups is 1. The van der Waals surface area contributed by atoms with Gasteiger partial charge in [0.1, 0.15) is 0 Å². The van der Waals surface area contributed by atoms with Crippen LogP contribution in [0.5, 0.6) is 0 Å². The van der Waals surface area contributed by atoms with Crippen molar-refractivity contribution in [3.8, 4) is 0 Å². The van der Waals surface area contributed by atoms with Gasteiger partial charge in [-0.15, -0.1) is 0 Å². The fourth-order valence-electron chi connectivity index (χ4n) is 4.09. The molecule has 0 aromatic heterocycles. The predicted octanol–water partition coefficient (Wildman–Crippen LogP) is 3.29. The molecule has 0 spiro atoms. The van der Waals surface area contributed by atoms with E-state index in [9.17, 15) is 4.79 Å². The van der Waals surface area contributed by atoms with Crippen LogP contribution < -0.4 is 16.0 Å². The lowest BCUT2D eigenvalue weighted by atomic mass is 9.58. The van der Waals surface area contributed by atoms with Gasteiger partial charge in [-0.25, -0.2) is 0 Å². The van der Waals surface area contributed by atoms with Gasteiger partial charge >= 0.3 is 0 Å². The van der Waals surface area contributed by atoms with Crippen LogP contribution in [0.3, 0.4) is 0 Å². The minimum absolute atomic E-state index is 0.0677. The van der Waals surface area contributed by atoms with E-state index in [2.05, 4.69) is 41.7 Å². The third-order valence-corrected chi connectivity index (χ3v) is 5.71. The summed E-state index contributed by atoms with van der Waals surface area (Å²) in [6.45, 7) is 9.46. The minimum atomic E-state index is -0.0677. The van der Waals surface area contributed by atoms with E-state index < -0.39 is 0 Å². The molecule has 1 aromatic carbocycles. The number of hydrogen-bond acceptors (Lipinski definition) is 3. The maximum Gasteiger partial charge on any atom is 0.221 e. The van der Waals surface area contributed by atoms with Gasteiger partial charge in [-0.05, 0) is 43.9 Å². The second-order valence-corrected chi connectivity index (χ2v) is 7.12. The summed E-state index contributed by atoms with van der Waals surface area (Å²) in [6, 6.07) is 8.19. The molecule has 27 heavy (non-hydrogen) atoms. The molecular weight excluding hydrogens is 340 g/mol. The van der Waals surface area contributed by atoms with Crippen LogP contribution in [0.2, 0.25) is 0 Å². The maximum absolute atomic E-state index is 11.2. The Balaban J connectivity index is 1.96. The monoisotopic (exact) mass is 374 g/mol. The summed E-state index contributed by atoms with van der Waals surface area (Å²) in [5.74, 6) is 0.730. The largest absolute Gasteiger partial charge is 0.378 e. The molecule has 1 aromatic rings. The Morgan fingerprint density at radius 2 is 2.04 bits per heavy atom. The maximum atomic E-state index is 11.2. The number of amides is 1. The number of nitrogens with one attached hydrogen (secondary N) is 3. The Kier molecular flexibility index (Phi) is 7.66. The van der Waals surface area contributed by atoms with Crippen LogP contribution in [0.25, 0.3) is 0 Å². The van der Waals surface area contributed by atoms with Crippen molar-refractivity contribution in [2.24, 2.45) is 10.4 Å². The lowest BCUT2D eigenvalue weighted by Gasteiger charge is -2.55. The van der Waals surface area contributed by atoms with Crippen molar-refractivity contribution in [2.75, 3.05) is 19.0 Å². The molecule has 2 rings (SSSR count). The summed E-state index contributed by atoms with van der Waals surface area (Å²) >= 11 is 0. The summed E-state index contributed by atoms with van der Waals surface area (Å²) in [5, 5.41) is 9.79. The van der Waals surface area contributed by atoms with Gasteiger partial charge in [0.2, 0.25) is 5.91 Å². The number of carbonyl (C=O) groups excluding carboxylic acids is 1. The fourth-order valence-corrected chi connectivity index (χ4v) is 4.09. The van der Waals surface area contributed by atoms with Gasteiger partial charge in [-0.3, -0.25) is 9.79 Å². The Hall–Kier alpha value is -2.08. The van der Waals surface area contributed by atoms with Crippen molar-refractivity contribution in [2.45, 2.75) is 65.6 Å². The highest BCUT2D eigenvalue weighted by atomic mass is 16.5. The van der Waals surface area contributed by atoms with Gasteiger partial charge in [0.15, 0.2) is 5.96 Å². The topological polar surface area (TPSA) is 74.8 Å². The second kappa shape index (κ2) is 9.74.